The molecule has 0 atom stereocenters. The van der Waals surface area contributed by atoms with Crippen LogP contribution in [0, 0.1) is 0 Å². The summed E-state index contributed by atoms with van der Waals surface area (Å²) < 4.78 is 0. The lowest BCUT2D eigenvalue weighted by atomic mass is 9.83. The molecule has 1 aromatic carbocycles. The lowest BCUT2D eigenvalue weighted by Crippen LogP contribution is -2.28. The van der Waals surface area contributed by atoms with Gasteiger partial charge >= 0.3 is 0 Å². The normalized spacial score (nSPS) is 11.5. The maximum atomic E-state index is 12.9. The molecular weight excluding hydrogens is 394 g/mol. The van der Waals surface area contributed by atoms with Gasteiger partial charge in [0.15, 0.2) is 0 Å². The molecule has 0 amide bonds. The zero-order valence-corrected chi connectivity index (χ0v) is 18.8. The van der Waals surface area contributed by atoms with E-state index in [1.807, 2.05) is 50.4 Å². The summed E-state index contributed by atoms with van der Waals surface area (Å²) >= 11 is 1.43. The zero-order chi connectivity index (χ0) is 20.0. The van der Waals surface area contributed by atoms with Gasteiger partial charge in [-0.1, -0.05) is 40.2 Å². The standard InChI is InChI=1S/C22H31NO3S.ClH/c1-5-6-9-23(10-11-24)15-17-13-16(21(26)19-8-7-12-27-19)14-18(20(17)25)22(2,3)4;/h7-8,12-14,24-25H,5-6,9-11,15H2,1-4H3;1H. The molecule has 6 heteroatoms. The molecule has 0 bridgehead atoms. The fraction of sp³-hybridized carbons (Fsp3) is 0.500. The molecule has 156 valence electrons. The van der Waals surface area contributed by atoms with Gasteiger partial charge in [-0.05, 0) is 42.0 Å². The van der Waals surface area contributed by atoms with Crippen molar-refractivity contribution in [2.24, 2.45) is 0 Å². The molecule has 2 rings (SSSR count). The van der Waals surface area contributed by atoms with E-state index in [1.165, 1.54) is 11.3 Å². The van der Waals surface area contributed by atoms with Gasteiger partial charge < -0.3 is 10.2 Å². The first-order valence-corrected chi connectivity index (χ1v) is 10.4. The molecule has 1 heterocycles. The van der Waals surface area contributed by atoms with Crippen LogP contribution in [0.2, 0.25) is 0 Å². The van der Waals surface area contributed by atoms with E-state index in [1.54, 1.807) is 0 Å². The molecule has 0 radical (unpaired) electrons. The predicted molar refractivity (Wildman–Crippen MR) is 119 cm³/mol. The Morgan fingerprint density at radius 3 is 2.46 bits per heavy atom. The van der Waals surface area contributed by atoms with Crippen LogP contribution < -0.4 is 0 Å². The molecule has 0 aliphatic rings. The van der Waals surface area contributed by atoms with E-state index in [9.17, 15) is 15.0 Å². The van der Waals surface area contributed by atoms with Gasteiger partial charge in [0.2, 0.25) is 5.78 Å². The third-order valence-corrected chi connectivity index (χ3v) is 5.51. The molecule has 2 aromatic rings. The summed E-state index contributed by atoms with van der Waals surface area (Å²) in [5, 5.41) is 22.2. The minimum Gasteiger partial charge on any atom is -0.507 e. The number of nitrogens with zero attached hydrogens (tertiary/aromatic N) is 1. The van der Waals surface area contributed by atoms with Crippen molar-refractivity contribution in [3.05, 3.63) is 51.2 Å². The van der Waals surface area contributed by atoms with Crippen LogP contribution in [0.5, 0.6) is 5.75 Å². The van der Waals surface area contributed by atoms with Crippen molar-refractivity contribution >= 4 is 29.5 Å². The number of hydrogen-bond acceptors (Lipinski definition) is 5. The number of aliphatic hydroxyl groups is 1. The van der Waals surface area contributed by atoms with Crippen molar-refractivity contribution in [1.82, 2.24) is 4.90 Å². The van der Waals surface area contributed by atoms with Crippen LogP contribution in [0.15, 0.2) is 29.6 Å². The van der Waals surface area contributed by atoms with Gasteiger partial charge in [-0.3, -0.25) is 9.69 Å². The number of carbonyl (C=O) groups excluding carboxylic acids is 1. The molecule has 0 saturated heterocycles. The highest BCUT2D eigenvalue weighted by Crippen LogP contribution is 2.36. The van der Waals surface area contributed by atoms with Gasteiger partial charge in [-0.2, -0.15) is 0 Å². The molecule has 0 aliphatic heterocycles. The number of unbranched alkanes of at least 4 members (excludes halogenated alkanes) is 1. The summed E-state index contributed by atoms with van der Waals surface area (Å²) in [6.07, 6.45) is 2.10. The van der Waals surface area contributed by atoms with Crippen LogP contribution in [0.1, 0.15) is 66.9 Å². The fourth-order valence-corrected chi connectivity index (χ4v) is 3.79. The molecular formula is C22H32ClNO3S. The number of ketones is 1. The lowest BCUT2D eigenvalue weighted by Gasteiger charge is -2.26. The van der Waals surface area contributed by atoms with Crippen LogP contribution in [-0.2, 0) is 12.0 Å². The van der Waals surface area contributed by atoms with Crippen molar-refractivity contribution in [3.8, 4) is 5.75 Å². The highest BCUT2D eigenvalue weighted by atomic mass is 35.5. The van der Waals surface area contributed by atoms with Crippen molar-refractivity contribution in [2.45, 2.75) is 52.5 Å². The molecule has 0 spiro atoms. The smallest absolute Gasteiger partial charge is 0.202 e. The summed E-state index contributed by atoms with van der Waals surface area (Å²) in [4.78, 5) is 15.7. The van der Waals surface area contributed by atoms with Gasteiger partial charge in [-0.25, -0.2) is 0 Å². The summed E-state index contributed by atoms with van der Waals surface area (Å²) in [6, 6.07) is 7.33. The van der Waals surface area contributed by atoms with Crippen molar-refractivity contribution in [2.75, 3.05) is 19.7 Å². The summed E-state index contributed by atoms with van der Waals surface area (Å²) in [7, 11) is 0. The van der Waals surface area contributed by atoms with Crippen LogP contribution in [0.3, 0.4) is 0 Å². The molecule has 2 N–H and O–H groups in total. The summed E-state index contributed by atoms with van der Waals surface area (Å²) in [6.45, 7) is 10.2. The number of hydrogen-bond donors (Lipinski definition) is 2. The average molecular weight is 426 g/mol. The lowest BCUT2D eigenvalue weighted by molar-refractivity contribution is 0.104. The van der Waals surface area contributed by atoms with Crippen molar-refractivity contribution in [3.63, 3.8) is 0 Å². The van der Waals surface area contributed by atoms with Gasteiger partial charge in [-0.15, -0.1) is 23.7 Å². The number of carbonyl (C=O) groups is 1. The minimum atomic E-state index is -0.282. The number of phenolic OH excluding ortho intramolecular Hbond substituents is 1. The Balaban J connectivity index is 0.00000392. The Bertz CT molecular complexity index is 754. The van der Waals surface area contributed by atoms with E-state index in [0.29, 0.717) is 23.5 Å². The SMILES string of the molecule is CCCCN(CCO)Cc1cc(C(=O)c2cccs2)cc(C(C)(C)C)c1O.Cl. The molecule has 4 nitrogen and oxygen atoms in total. The topological polar surface area (TPSA) is 60.8 Å². The van der Waals surface area contributed by atoms with E-state index < -0.39 is 0 Å². The number of aliphatic hydroxyl groups excluding tert-OH is 1. The third-order valence-electron chi connectivity index (χ3n) is 4.64. The molecule has 0 unspecified atom stereocenters. The average Bonchev–Trinajstić information content (AvgIpc) is 3.14. The van der Waals surface area contributed by atoms with E-state index >= 15 is 0 Å². The molecule has 0 fully saturated rings. The maximum absolute atomic E-state index is 12.9. The number of phenols is 1. The highest BCUT2D eigenvalue weighted by Gasteiger charge is 2.24. The third kappa shape index (κ3) is 6.31. The van der Waals surface area contributed by atoms with E-state index in [2.05, 4.69) is 11.8 Å². The Hall–Kier alpha value is -1.40. The van der Waals surface area contributed by atoms with Gasteiger partial charge in [0.1, 0.15) is 5.75 Å². The van der Waals surface area contributed by atoms with Crippen molar-refractivity contribution < 1.29 is 15.0 Å². The zero-order valence-electron chi connectivity index (χ0n) is 17.2. The molecule has 28 heavy (non-hydrogen) atoms. The number of rotatable bonds is 9. The summed E-state index contributed by atoms with van der Waals surface area (Å²) in [5.74, 6) is 0.240. The Morgan fingerprint density at radius 2 is 1.93 bits per heavy atom. The maximum Gasteiger partial charge on any atom is 0.202 e. The number of benzene rings is 1. The molecule has 0 saturated carbocycles. The Kier molecular flexibility index (Phi) is 9.64. The number of thiophene rings is 1. The number of halogens is 1. The Morgan fingerprint density at radius 1 is 1.21 bits per heavy atom. The second kappa shape index (κ2) is 11.0. The van der Waals surface area contributed by atoms with Gasteiger partial charge in [0, 0.05) is 29.8 Å². The van der Waals surface area contributed by atoms with Crippen molar-refractivity contribution in [1.29, 1.82) is 0 Å². The molecule has 0 aliphatic carbocycles. The van der Waals surface area contributed by atoms with Gasteiger partial charge in [0.25, 0.3) is 0 Å². The van der Waals surface area contributed by atoms with E-state index in [0.717, 1.165) is 30.5 Å². The second-order valence-electron chi connectivity index (χ2n) is 7.94. The number of aromatic hydroxyl groups is 1. The van der Waals surface area contributed by atoms with Crippen LogP contribution in [-0.4, -0.2) is 40.6 Å². The largest absolute Gasteiger partial charge is 0.507 e. The predicted octanol–water partition coefficient (Wildman–Crippen LogP) is 5.00. The van der Waals surface area contributed by atoms with E-state index in [-0.39, 0.29) is 36.0 Å². The van der Waals surface area contributed by atoms with Crippen LogP contribution in [0.4, 0.5) is 0 Å². The fourth-order valence-electron chi connectivity index (χ4n) is 3.10. The molecule has 1 aromatic heterocycles. The quantitative estimate of drug-likeness (QED) is 0.555. The monoisotopic (exact) mass is 425 g/mol. The first-order valence-electron chi connectivity index (χ1n) is 9.55. The second-order valence-corrected chi connectivity index (χ2v) is 8.89. The first kappa shape index (κ1) is 24.6. The Labute approximate surface area is 178 Å². The summed E-state index contributed by atoms with van der Waals surface area (Å²) in [5.41, 5.74) is 1.84. The van der Waals surface area contributed by atoms with Crippen LogP contribution >= 0.6 is 23.7 Å². The highest BCUT2D eigenvalue weighted by molar-refractivity contribution is 7.12. The first-order chi connectivity index (χ1) is 12.8. The van der Waals surface area contributed by atoms with E-state index in [4.69, 9.17) is 0 Å². The minimum absolute atomic E-state index is 0. The van der Waals surface area contributed by atoms with Gasteiger partial charge in [0.05, 0.1) is 11.5 Å². The van der Waals surface area contributed by atoms with Crippen LogP contribution in [0.25, 0.3) is 0 Å².